The predicted molar refractivity (Wildman–Crippen MR) is 76.9 cm³/mol. The van der Waals surface area contributed by atoms with E-state index in [9.17, 15) is 4.79 Å². The topological polar surface area (TPSA) is 76.1 Å². The van der Waals surface area contributed by atoms with Gasteiger partial charge in [-0.15, -0.1) is 0 Å². The Kier molecular flexibility index (Phi) is 7.89. The van der Waals surface area contributed by atoms with E-state index in [4.69, 9.17) is 19.4 Å². The molecular formula is C15H21NO5. The number of carbonyl (C=O) groups excluding carboxylic acids is 1. The van der Waals surface area contributed by atoms with Gasteiger partial charge in [-0.3, -0.25) is 4.79 Å². The zero-order valence-electron chi connectivity index (χ0n) is 12.1. The van der Waals surface area contributed by atoms with Crippen LogP contribution in [0.2, 0.25) is 0 Å². The van der Waals surface area contributed by atoms with Gasteiger partial charge in [0.25, 0.3) is 6.47 Å². The van der Waals surface area contributed by atoms with E-state index in [-0.39, 0.29) is 18.7 Å². The Labute approximate surface area is 124 Å². The summed E-state index contributed by atoms with van der Waals surface area (Å²) in [5.74, 6) is 0. The van der Waals surface area contributed by atoms with Gasteiger partial charge in [0.15, 0.2) is 0 Å². The Morgan fingerprint density at radius 1 is 1.43 bits per heavy atom. The number of piperidine rings is 1. The molecule has 1 aliphatic rings. The number of carboxylic acid groups (broad SMARTS) is 1. The van der Waals surface area contributed by atoms with Crippen molar-refractivity contribution in [1.82, 2.24) is 4.90 Å². The molecule has 1 aliphatic heterocycles. The zero-order valence-corrected chi connectivity index (χ0v) is 12.1. The number of rotatable bonds is 3. The molecule has 0 unspecified atom stereocenters. The number of likely N-dealkylation sites (tertiary alicyclic amines) is 1. The maximum atomic E-state index is 11.9. The van der Waals surface area contributed by atoms with Crippen LogP contribution in [0, 0.1) is 0 Å². The lowest BCUT2D eigenvalue weighted by Gasteiger charge is -2.31. The third-order valence-corrected chi connectivity index (χ3v) is 3.17. The Hall–Kier alpha value is -2.08. The van der Waals surface area contributed by atoms with Crippen molar-refractivity contribution in [2.24, 2.45) is 0 Å². The average Bonchev–Trinajstić information content (AvgIpc) is 2.54. The molecular weight excluding hydrogens is 274 g/mol. The molecule has 1 amide bonds. The fourth-order valence-corrected chi connectivity index (χ4v) is 2.11. The number of benzene rings is 1. The van der Waals surface area contributed by atoms with Crippen LogP contribution in [0.25, 0.3) is 0 Å². The average molecular weight is 295 g/mol. The first-order chi connectivity index (χ1) is 10.2. The predicted octanol–water partition coefficient (Wildman–Crippen LogP) is 2.13. The van der Waals surface area contributed by atoms with Gasteiger partial charge in [-0.1, -0.05) is 30.3 Å². The lowest BCUT2D eigenvalue weighted by Crippen LogP contribution is -2.43. The number of methoxy groups -OCH3 is 1. The fourth-order valence-electron chi connectivity index (χ4n) is 2.11. The summed E-state index contributed by atoms with van der Waals surface area (Å²) in [6.45, 7) is 1.46. The number of nitrogens with zero attached hydrogens (tertiary/aromatic N) is 1. The number of amides is 1. The van der Waals surface area contributed by atoms with E-state index in [0.717, 1.165) is 24.9 Å². The summed E-state index contributed by atoms with van der Waals surface area (Å²) in [4.78, 5) is 22.0. The van der Waals surface area contributed by atoms with E-state index in [1.165, 1.54) is 0 Å². The van der Waals surface area contributed by atoms with Gasteiger partial charge < -0.3 is 19.5 Å². The highest BCUT2D eigenvalue weighted by Crippen LogP contribution is 2.14. The van der Waals surface area contributed by atoms with Crippen LogP contribution in [0.1, 0.15) is 18.4 Å². The van der Waals surface area contributed by atoms with Crippen molar-refractivity contribution in [3.8, 4) is 0 Å². The van der Waals surface area contributed by atoms with Gasteiger partial charge in [0.2, 0.25) is 0 Å². The third kappa shape index (κ3) is 6.27. The zero-order chi connectivity index (χ0) is 15.5. The molecule has 0 spiro atoms. The smallest absolute Gasteiger partial charge is 0.410 e. The normalized spacial score (nSPS) is 17.4. The molecule has 1 atom stereocenters. The lowest BCUT2D eigenvalue weighted by molar-refractivity contribution is -0.122. The van der Waals surface area contributed by atoms with Crippen LogP contribution in [0.4, 0.5) is 4.79 Å². The summed E-state index contributed by atoms with van der Waals surface area (Å²) in [5.41, 5.74) is 1.01. The Bertz CT molecular complexity index is 423. The van der Waals surface area contributed by atoms with E-state index < -0.39 is 0 Å². The minimum Gasteiger partial charge on any atom is -0.483 e. The van der Waals surface area contributed by atoms with Crippen LogP contribution in [0.3, 0.4) is 0 Å². The second-order valence-corrected chi connectivity index (χ2v) is 4.59. The molecule has 1 saturated heterocycles. The lowest BCUT2D eigenvalue weighted by atomic mass is 10.1. The van der Waals surface area contributed by atoms with Crippen LogP contribution in [-0.4, -0.2) is 48.9 Å². The second-order valence-electron chi connectivity index (χ2n) is 4.59. The number of hydrogen-bond donors (Lipinski definition) is 1. The summed E-state index contributed by atoms with van der Waals surface area (Å²) >= 11 is 0. The van der Waals surface area contributed by atoms with Crippen molar-refractivity contribution in [1.29, 1.82) is 0 Å². The van der Waals surface area contributed by atoms with Gasteiger partial charge in [0, 0.05) is 13.7 Å². The van der Waals surface area contributed by atoms with Crippen LogP contribution in [-0.2, 0) is 20.9 Å². The highest BCUT2D eigenvalue weighted by atomic mass is 16.6. The number of ether oxygens (including phenoxy) is 2. The van der Waals surface area contributed by atoms with Gasteiger partial charge in [0.1, 0.15) is 6.61 Å². The molecule has 1 N–H and O–H groups in total. The van der Waals surface area contributed by atoms with Crippen molar-refractivity contribution in [2.45, 2.75) is 25.6 Å². The van der Waals surface area contributed by atoms with Gasteiger partial charge in [-0.25, -0.2) is 4.79 Å². The first kappa shape index (κ1) is 17.0. The van der Waals surface area contributed by atoms with E-state index in [2.05, 4.69) is 0 Å². The van der Waals surface area contributed by atoms with Crippen molar-refractivity contribution in [3.63, 3.8) is 0 Å². The minimum atomic E-state index is -0.250. The Morgan fingerprint density at radius 3 is 2.71 bits per heavy atom. The number of carbonyl (C=O) groups is 2. The molecule has 1 fully saturated rings. The van der Waals surface area contributed by atoms with Gasteiger partial charge in [-0.2, -0.15) is 0 Å². The molecule has 1 heterocycles. The second kappa shape index (κ2) is 9.77. The third-order valence-electron chi connectivity index (χ3n) is 3.17. The summed E-state index contributed by atoms with van der Waals surface area (Å²) < 4.78 is 10.6. The molecule has 0 saturated carbocycles. The quantitative estimate of drug-likeness (QED) is 0.865. The summed E-state index contributed by atoms with van der Waals surface area (Å²) in [5, 5.41) is 6.89. The first-order valence-corrected chi connectivity index (χ1v) is 6.77. The van der Waals surface area contributed by atoms with Crippen molar-refractivity contribution >= 4 is 12.6 Å². The minimum absolute atomic E-state index is 0.142. The molecule has 0 aliphatic carbocycles. The fraction of sp³-hybridized carbons (Fsp3) is 0.467. The van der Waals surface area contributed by atoms with E-state index >= 15 is 0 Å². The van der Waals surface area contributed by atoms with Crippen LogP contribution in [0.15, 0.2) is 30.3 Å². The SMILES string of the molecule is CO[C@@H]1CCCN(C(=O)OCc2ccccc2)C1.O=CO. The summed E-state index contributed by atoms with van der Waals surface area (Å²) in [7, 11) is 1.68. The molecule has 1 aromatic carbocycles. The molecule has 0 aromatic heterocycles. The van der Waals surface area contributed by atoms with Gasteiger partial charge in [0.05, 0.1) is 12.6 Å². The maximum absolute atomic E-state index is 11.9. The molecule has 0 radical (unpaired) electrons. The summed E-state index contributed by atoms with van der Waals surface area (Å²) in [6.07, 6.45) is 1.88. The summed E-state index contributed by atoms with van der Waals surface area (Å²) in [6, 6.07) is 9.71. The highest BCUT2D eigenvalue weighted by Gasteiger charge is 2.24. The van der Waals surface area contributed by atoms with Crippen molar-refractivity contribution < 1.29 is 24.2 Å². The number of hydrogen-bond acceptors (Lipinski definition) is 4. The molecule has 21 heavy (non-hydrogen) atoms. The monoisotopic (exact) mass is 295 g/mol. The molecule has 1 aromatic rings. The Morgan fingerprint density at radius 2 is 2.10 bits per heavy atom. The standard InChI is InChI=1S/C14H19NO3.CH2O2/c1-17-13-8-5-9-15(10-13)14(16)18-11-12-6-3-2-4-7-12;2-1-3/h2-4,6-7,13H,5,8-11H2,1H3;1H,(H,2,3)/t13-;/m1./s1. The molecule has 6 heteroatoms. The highest BCUT2D eigenvalue weighted by molar-refractivity contribution is 5.67. The molecule has 6 nitrogen and oxygen atoms in total. The first-order valence-electron chi connectivity index (χ1n) is 6.77. The largest absolute Gasteiger partial charge is 0.483 e. The van der Waals surface area contributed by atoms with Crippen LogP contribution >= 0.6 is 0 Å². The van der Waals surface area contributed by atoms with Gasteiger partial charge >= 0.3 is 6.09 Å². The molecule has 0 bridgehead atoms. The maximum Gasteiger partial charge on any atom is 0.410 e. The van der Waals surface area contributed by atoms with E-state index in [0.29, 0.717) is 13.2 Å². The van der Waals surface area contributed by atoms with Crippen LogP contribution in [0.5, 0.6) is 0 Å². The van der Waals surface area contributed by atoms with E-state index in [1.54, 1.807) is 12.0 Å². The molecule has 2 rings (SSSR count). The molecule has 116 valence electrons. The van der Waals surface area contributed by atoms with Gasteiger partial charge in [-0.05, 0) is 18.4 Å². The van der Waals surface area contributed by atoms with Crippen molar-refractivity contribution in [3.05, 3.63) is 35.9 Å². The van der Waals surface area contributed by atoms with Crippen LogP contribution < -0.4 is 0 Å². The van der Waals surface area contributed by atoms with E-state index in [1.807, 2.05) is 30.3 Å². The Balaban J connectivity index is 0.000000677. The van der Waals surface area contributed by atoms with Crippen molar-refractivity contribution in [2.75, 3.05) is 20.2 Å².